The average Bonchev–Trinajstić information content (AvgIpc) is 2.76. The Bertz CT molecular complexity index is 707. The lowest BCUT2D eigenvalue weighted by molar-refractivity contribution is -0.158. The fraction of sp³-hybridized carbons (Fsp3) is 0.789. The van der Waals surface area contributed by atoms with Crippen LogP contribution in [0, 0.1) is 0 Å². The lowest BCUT2D eigenvalue weighted by Gasteiger charge is -2.18. The molecule has 35 heavy (non-hydrogen) atoms. The van der Waals surface area contributed by atoms with E-state index in [0.29, 0.717) is 6.54 Å². The molecule has 0 spiro atoms. The number of phosphoric acid groups is 1. The van der Waals surface area contributed by atoms with E-state index in [1.54, 1.807) is 0 Å². The quantitative estimate of drug-likeness (QED) is 0.0722. The van der Waals surface area contributed by atoms with Gasteiger partial charge >= 0.3 is 25.9 Å². The van der Waals surface area contributed by atoms with Crippen LogP contribution in [0.4, 0.5) is 4.79 Å². The fourth-order valence-electron chi connectivity index (χ4n) is 2.06. The van der Waals surface area contributed by atoms with Crippen LogP contribution in [0.5, 0.6) is 0 Å². The first-order valence-electron chi connectivity index (χ1n) is 10.8. The Kier molecular flexibility index (Phi) is 17.7. The lowest BCUT2D eigenvalue weighted by Crippen LogP contribution is -2.38. The van der Waals surface area contributed by atoms with Gasteiger partial charge in [-0.1, -0.05) is 13.8 Å². The number of alkyl carbamates (subject to hydrolysis) is 1. The smallest absolute Gasteiger partial charge is 0.462 e. The fourth-order valence-corrected chi connectivity index (χ4v) is 2.81. The van der Waals surface area contributed by atoms with Gasteiger partial charge in [-0.3, -0.25) is 23.4 Å². The molecule has 1 unspecified atom stereocenters. The van der Waals surface area contributed by atoms with Crippen molar-refractivity contribution in [2.75, 3.05) is 59.3 Å². The minimum absolute atomic E-state index is 0.0446. The molecule has 0 aliphatic carbocycles. The van der Waals surface area contributed by atoms with Gasteiger partial charge in [-0.05, 0) is 0 Å². The predicted octanol–water partition coefficient (Wildman–Crippen LogP) is -0.528. The van der Waals surface area contributed by atoms with Crippen LogP contribution in [0.15, 0.2) is 0 Å². The molecule has 0 saturated heterocycles. The molecule has 0 rings (SSSR count). The molecule has 0 aliphatic heterocycles. The van der Waals surface area contributed by atoms with Gasteiger partial charge in [0.1, 0.15) is 13.2 Å². The summed E-state index contributed by atoms with van der Waals surface area (Å²) in [6.45, 7) is 5.50. The highest BCUT2D eigenvalue weighted by Crippen LogP contribution is 2.43. The van der Waals surface area contributed by atoms with Gasteiger partial charge in [0.25, 0.3) is 0 Å². The van der Waals surface area contributed by atoms with E-state index in [0.717, 1.165) is 13.8 Å². The van der Waals surface area contributed by atoms with Crippen LogP contribution in [0.25, 0.3) is 0 Å². The first-order chi connectivity index (χ1) is 16.4. The van der Waals surface area contributed by atoms with E-state index < -0.39 is 38.6 Å². The van der Waals surface area contributed by atoms with Crippen molar-refractivity contribution in [1.29, 1.82) is 0 Å². The number of carbonyl (C=O) groups excluding carboxylic acids is 4. The normalized spacial score (nSPS) is 13.4. The lowest BCUT2D eigenvalue weighted by atomic mass is 10.4. The summed E-state index contributed by atoms with van der Waals surface area (Å²) >= 11 is 0. The number of carbonyl (C=O) groups is 4. The molecular formula is C19H36N3O12P. The summed E-state index contributed by atoms with van der Waals surface area (Å²) in [5.74, 6) is -1.48. The number of ether oxygens (including phenoxy) is 4. The van der Waals surface area contributed by atoms with Gasteiger partial charge in [0.15, 0.2) is 6.10 Å². The van der Waals surface area contributed by atoms with Gasteiger partial charge in [-0.2, -0.15) is 0 Å². The predicted molar refractivity (Wildman–Crippen MR) is 120 cm³/mol. The number of phosphoric ester groups is 1. The molecule has 0 radical (unpaired) electrons. The van der Waals surface area contributed by atoms with Crippen molar-refractivity contribution in [2.45, 2.75) is 39.8 Å². The first-order valence-corrected chi connectivity index (χ1v) is 12.3. The molecule has 15 nitrogen and oxygen atoms in total. The van der Waals surface area contributed by atoms with E-state index in [-0.39, 0.29) is 58.1 Å². The van der Waals surface area contributed by atoms with Gasteiger partial charge in [0.2, 0.25) is 5.91 Å². The van der Waals surface area contributed by atoms with Crippen molar-refractivity contribution in [1.82, 2.24) is 16.0 Å². The highest BCUT2D eigenvalue weighted by Gasteiger charge is 2.25. The molecule has 0 aromatic heterocycles. The summed E-state index contributed by atoms with van der Waals surface area (Å²) in [6, 6.07) is 0.208. The molecule has 4 N–H and O–H groups in total. The van der Waals surface area contributed by atoms with E-state index in [9.17, 15) is 28.6 Å². The number of amides is 2. The second kappa shape index (κ2) is 19.0. The highest BCUT2D eigenvalue weighted by molar-refractivity contribution is 7.47. The van der Waals surface area contributed by atoms with Crippen LogP contribution in [-0.4, -0.2) is 100 Å². The van der Waals surface area contributed by atoms with Crippen LogP contribution < -0.4 is 16.0 Å². The molecular weight excluding hydrogens is 493 g/mol. The highest BCUT2D eigenvalue weighted by atomic mass is 31.2. The van der Waals surface area contributed by atoms with Crippen LogP contribution in [0.1, 0.15) is 27.7 Å². The van der Waals surface area contributed by atoms with Crippen molar-refractivity contribution in [2.24, 2.45) is 0 Å². The summed E-state index contributed by atoms with van der Waals surface area (Å²) < 4.78 is 40.8. The largest absolute Gasteiger partial charge is 0.472 e. The van der Waals surface area contributed by atoms with Crippen molar-refractivity contribution in [3.8, 4) is 0 Å². The minimum atomic E-state index is -4.53. The van der Waals surface area contributed by atoms with Crippen molar-refractivity contribution < 1.29 is 56.6 Å². The van der Waals surface area contributed by atoms with Gasteiger partial charge in [0.05, 0.1) is 33.0 Å². The second-order valence-electron chi connectivity index (χ2n) is 7.19. The zero-order valence-electron chi connectivity index (χ0n) is 20.4. The number of nitrogens with one attached hydrogen (secondary N) is 3. The summed E-state index contributed by atoms with van der Waals surface area (Å²) in [5.41, 5.74) is 0. The van der Waals surface area contributed by atoms with E-state index in [2.05, 4.69) is 25.2 Å². The number of hydrogen-bond acceptors (Lipinski definition) is 12. The minimum Gasteiger partial charge on any atom is -0.462 e. The number of esters is 2. The maximum absolute atomic E-state index is 11.9. The van der Waals surface area contributed by atoms with Crippen LogP contribution >= 0.6 is 7.82 Å². The van der Waals surface area contributed by atoms with Crippen LogP contribution in [-0.2, 0) is 46.9 Å². The molecule has 0 bridgehead atoms. The average molecular weight is 529 g/mol. The topological polar surface area (TPSA) is 197 Å². The van der Waals surface area contributed by atoms with Crippen molar-refractivity contribution >= 4 is 31.8 Å². The molecule has 2 amide bonds. The molecule has 16 heteroatoms. The zero-order valence-corrected chi connectivity index (χ0v) is 21.3. The number of rotatable bonds is 19. The summed E-state index contributed by atoms with van der Waals surface area (Å²) in [7, 11) is -4.53. The van der Waals surface area contributed by atoms with E-state index in [4.69, 9.17) is 18.7 Å². The Labute approximate surface area is 204 Å². The maximum Gasteiger partial charge on any atom is 0.472 e. The summed E-state index contributed by atoms with van der Waals surface area (Å²) in [5, 5.41) is 7.94. The Morgan fingerprint density at radius 1 is 0.857 bits per heavy atom. The van der Waals surface area contributed by atoms with Gasteiger partial charge < -0.3 is 39.8 Å². The van der Waals surface area contributed by atoms with Crippen LogP contribution in [0.2, 0.25) is 0 Å². The SMILES string of the molecule is CC(=O)OC[C@H](COP(=O)(O)OCCNC(=O)OCCOCCNC(=O)CNC(C)C)OC(C)=O. The Morgan fingerprint density at radius 2 is 1.54 bits per heavy atom. The molecule has 0 saturated carbocycles. The van der Waals surface area contributed by atoms with Crippen molar-refractivity contribution in [3.05, 3.63) is 0 Å². The third-order valence-electron chi connectivity index (χ3n) is 3.55. The third kappa shape index (κ3) is 21.9. The third-order valence-corrected chi connectivity index (χ3v) is 4.54. The molecule has 0 aromatic rings. The second-order valence-corrected chi connectivity index (χ2v) is 8.65. The van der Waals surface area contributed by atoms with Crippen molar-refractivity contribution in [3.63, 3.8) is 0 Å². The molecule has 0 aliphatic rings. The Hall–Kier alpha value is -2.29. The standard InChI is InChI=1S/C19H36N3O12P/c1-14(2)22-11-18(25)20-5-7-29-9-10-30-19(26)21-6-8-32-35(27,28)33-13-17(34-16(4)24)12-31-15(3)23/h14,17,22H,5-13H2,1-4H3,(H,20,25)(H,21,26)(H,27,28)/t17-/m1/s1. The molecule has 0 aromatic carbocycles. The zero-order chi connectivity index (χ0) is 26.7. The summed E-state index contributed by atoms with van der Waals surface area (Å²) in [4.78, 5) is 54.6. The Balaban J connectivity index is 3.88. The molecule has 0 fully saturated rings. The van der Waals surface area contributed by atoms with E-state index >= 15 is 0 Å². The van der Waals surface area contributed by atoms with Gasteiger partial charge in [0, 0.05) is 33.0 Å². The monoisotopic (exact) mass is 529 g/mol. The van der Waals surface area contributed by atoms with E-state index in [1.807, 2.05) is 13.8 Å². The van der Waals surface area contributed by atoms with Gasteiger partial charge in [-0.25, -0.2) is 9.36 Å². The first kappa shape index (κ1) is 32.7. The Morgan fingerprint density at radius 3 is 2.17 bits per heavy atom. The molecule has 2 atom stereocenters. The van der Waals surface area contributed by atoms with Crippen LogP contribution in [0.3, 0.4) is 0 Å². The molecule has 204 valence electrons. The van der Waals surface area contributed by atoms with E-state index in [1.165, 1.54) is 0 Å². The maximum atomic E-state index is 11.9. The molecule has 0 heterocycles. The number of hydrogen-bond donors (Lipinski definition) is 4. The summed E-state index contributed by atoms with van der Waals surface area (Å²) in [6.07, 6.45) is -1.90. The van der Waals surface area contributed by atoms with Gasteiger partial charge in [-0.15, -0.1) is 0 Å².